The fourth-order valence-electron chi connectivity index (χ4n) is 5.97. The highest BCUT2D eigenvalue weighted by Crippen LogP contribution is 2.70. The third-order valence-electron chi connectivity index (χ3n) is 7.94. The molecule has 2 N–H and O–H groups in total. The highest BCUT2D eigenvalue weighted by atomic mass is 16.8. The number of esters is 1. The summed E-state index contributed by atoms with van der Waals surface area (Å²) in [6.07, 6.45) is 2.22. The van der Waals surface area contributed by atoms with Crippen LogP contribution in [0.2, 0.25) is 0 Å². The van der Waals surface area contributed by atoms with E-state index in [2.05, 4.69) is 25.8 Å². The first-order valence-corrected chi connectivity index (χ1v) is 9.30. The zero-order valence-corrected chi connectivity index (χ0v) is 16.0. The van der Waals surface area contributed by atoms with Crippen LogP contribution in [0.3, 0.4) is 0 Å². The van der Waals surface area contributed by atoms with Gasteiger partial charge in [0.1, 0.15) is 6.23 Å². The summed E-state index contributed by atoms with van der Waals surface area (Å²) < 4.78 is 11.4. The number of carbonyl (C=O) groups excluding carboxylic acids is 1. The molecule has 6 unspecified atom stereocenters. The first-order valence-electron chi connectivity index (χ1n) is 9.30. The Labute approximate surface area is 149 Å². The molecule has 2 heterocycles. The Morgan fingerprint density at radius 3 is 2.64 bits per heavy atom. The highest BCUT2D eigenvalue weighted by molar-refractivity contribution is 5.88. The van der Waals surface area contributed by atoms with Crippen molar-refractivity contribution in [2.45, 2.75) is 71.9 Å². The molecule has 2 aliphatic carbocycles. The lowest BCUT2D eigenvalue weighted by Crippen LogP contribution is -2.42. The van der Waals surface area contributed by atoms with Crippen LogP contribution < -0.4 is 5.73 Å². The molecule has 0 amide bonds. The quantitative estimate of drug-likeness (QED) is 0.608. The molecule has 2 saturated heterocycles. The van der Waals surface area contributed by atoms with Crippen LogP contribution in [-0.4, -0.2) is 42.6 Å². The average Bonchev–Trinajstić information content (AvgIpc) is 3.19. The average molecular weight is 350 g/mol. The zero-order chi connectivity index (χ0) is 18.3. The molecule has 0 aromatic carbocycles. The van der Waals surface area contributed by atoms with E-state index in [9.17, 15) is 4.79 Å². The van der Waals surface area contributed by atoms with Crippen LogP contribution in [0.4, 0.5) is 0 Å². The van der Waals surface area contributed by atoms with E-state index in [0.717, 1.165) is 0 Å². The normalized spacial score (nSPS) is 48.2. The second-order valence-electron chi connectivity index (χ2n) is 8.99. The Morgan fingerprint density at radius 1 is 1.32 bits per heavy atom. The Morgan fingerprint density at radius 2 is 2.00 bits per heavy atom. The van der Waals surface area contributed by atoms with Crippen LogP contribution in [-0.2, 0) is 19.1 Å². The van der Waals surface area contributed by atoms with Crippen LogP contribution in [0.5, 0.6) is 0 Å². The van der Waals surface area contributed by atoms with E-state index >= 15 is 0 Å². The van der Waals surface area contributed by atoms with Gasteiger partial charge in [-0.1, -0.05) is 20.8 Å². The van der Waals surface area contributed by atoms with E-state index in [1.165, 1.54) is 20.0 Å². The van der Waals surface area contributed by atoms with Crippen molar-refractivity contribution in [3.8, 4) is 0 Å². The van der Waals surface area contributed by atoms with Crippen LogP contribution in [0.25, 0.3) is 0 Å². The molecule has 6 nitrogen and oxygen atoms in total. The van der Waals surface area contributed by atoms with E-state index in [-0.39, 0.29) is 41.2 Å². The van der Waals surface area contributed by atoms with Gasteiger partial charge in [-0.15, -0.1) is 0 Å². The predicted molar refractivity (Wildman–Crippen MR) is 91.8 cm³/mol. The Balaban J connectivity index is 1.67. The summed E-state index contributed by atoms with van der Waals surface area (Å²) in [6.45, 7) is 10.8. The molecule has 0 spiro atoms. The first kappa shape index (κ1) is 17.3. The van der Waals surface area contributed by atoms with Gasteiger partial charge in [-0.2, -0.15) is 5.06 Å². The zero-order valence-electron chi connectivity index (χ0n) is 16.0. The third-order valence-corrected chi connectivity index (χ3v) is 7.94. The number of ether oxygens (including phenoxy) is 2. The lowest BCUT2D eigenvalue weighted by molar-refractivity contribution is -0.193. The summed E-state index contributed by atoms with van der Waals surface area (Å²) in [5.41, 5.74) is 7.71. The van der Waals surface area contributed by atoms with Crippen LogP contribution in [0.15, 0.2) is 11.3 Å². The molecular weight excluding hydrogens is 320 g/mol. The van der Waals surface area contributed by atoms with E-state index in [1.807, 2.05) is 6.92 Å². The van der Waals surface area contributed by atoms with Gasteiger partial charge in [0.05, 0.1) is 36.9 Å². The lowest BCUT2D eigenvalue weighted by Gasteiger charge is -2.38. The Kier molecular flexibility index (Phi) is 3.61. The van der Waals surface area contributed by atoms with Gasteiger partial charge in [0.2, 0.25) is 0 Å². The van der Waals surface area contributed by atoms with Gasteiger partial charge in [0.15, 0.2) is 0 Å². The van der Waals surface area contributed by atoms with Gasteiger partial charge in [-0.05, 0) is 38.0 Å². The molecule has 140 valence electrons. The second kappa shape index (κ2) is 5.21. The van der Waals surface area contributed by atoms with Crippen molar-refractivity contribution in [1.82, 2.24) is 5.06 Å². The standard InChI is InChI=1S/C19H30N2O4/c1-9(17(22)23-6)13(20)12-10(2)25-21-14-11-7-8-19(5,18(11,3)4)15(14)24-16(12)21/h10-12,14-16H,7-8,20H2,1-6H3/b13-9-/t10?,11?,12?,14?,15-,16?,19?/m1/s1. The molecule has 4 fully saturated rings. The van der Waals surface area contributed by atoms with Crippen molar-refractivity contribution in [1.29, 1.82) is 0 Å². The van der Waals surface area contributed by atoms with Crippen LogP contribution in [0.1, 0.15) is 47.5 Å². The number of nitrogens with zero attached hydrogens (tertiary/aromatic N) is 1. The molecule has 0 aromatic rings. The first-order chi connectivity index (χ1) is 11.6. The van der Waals surface area contributed by atoms with E-state index in [0.29, 0.717) is 17.2 Å². The monoisotopic (exact) mass is 350 g/mol. The smallest absolute Gasteiger partial charge is 0.335 e. The summed E-state index contributed by atoms with van der Waals surface area (Å²) >= 11 is 0. The van der Waals surface area contributed by atoms with Crippen molar-refractivity contribution in [2.75, 3.05) is 7.11 Å². The lowest BCUT2D eigenvalue weighted by atomic mass is 9.70. The molecule has 25 heavy (non-hydrogen) atoms. The molecule has 2 aliphatic heterocycles. The SMILES string of the molecule is COC(=O)/C(C)=C(\N)C1C(C)ON2C1O[C@@H]1C2C2CCC1(C)C2(C)C. The number of fused-ring (bicyclic) bond motifs is 7. The van der Waals surface area contributed by atoms with E-state index < -0.39 is 5.97 Å². The Hall–Kier alpha value is -1.11. The minimum absolute atomic E-state index is 0.124. The van der Waals surface area contributed by atoms with Crippen LogP contribution >= 0.6 is 0 Å². The summed E-state index contributed by atoms with van der Waals surface area (Å²) in [6, 6.07) is 0.275. The number of nitrogens with two attached hydrogens (primary N) is 1. The fraction of sp³-hybridized carbons (Fsp3) is 0.842. The topological polar surface area (TPSA) is 74.0 Å². The number of hydroxylamine groups is 2. The van der Waals surface area contributed by atoms with Gasteiger partial charge in [-0.25, -0.2) is 4.79 Å². The van der Waals surface area contributed by atoms with Gasteiger partial charge >= 0.3 is 5.97 Å². The van der Waals surface area contributed by atoms with E-state index in [4.69, 9.17) is 20.0 Å². The minimum Gasteiger partial charge on any atom is -0.466 e. The maximum absolute atomic E-state index is 11.9. The predicted octanol–water partition coefficient (Wildman–Crippen LogP) is 2.19. The van der Waals surface area contributed by atoms with Crippen LogP contribution in [0, 0.1) is 22.7 Å². The third kappa shape index (κ3) is 1.93. The molecule has 7 atom stereocenters. The van der Waals surface area contributed by atoms with Gasteiger partial charge < -0.3 is 15.2 Å². The molecule has 6 heteroatoms. The second-order valence-corrected chi connectivity index (χ2v) is 8.99. The number of methoxy groups -OCH3 is 1. The Bertz CT molecular complexity index is 645. The number of hydrogen-bond acceptors (Lipinski definition) is 6. The molecular formula is C19H30N2O4. The molecule has 2 bridgehead atoms. The van der Waals surface area contributed by atoms with Gasteiger partial charge in [0.25, 0.3) is 0 Å². The maximum Gasteiger partial charge on any atom is 0.335 e. The molecule has 0 aromatic heterocycles. The minimum atomic E-state index is -0.394. The molecule has 2 saturated carbocycles. The van der Waals surface area contributed by atoms with Gasteiger partial charge in [-0.3, -0.25) is 4.84 Å². The fourth-order valence-corrected chi connectivity index (χ4v) is 5.97. The molecule has 4 aliphatic rings. The number of hydrogen-bond donors (Lipinski definition) is 1. The van der Waals surface area contributed by atoms with Crippen molar-refractivity contribution in [2.24, 2.45) is 28.4 Å². The van der Waals surface area contributed by atoms with Crippen molar-refractivity contribution < 1.29 is 19.1 Å². The largest absolute Gasteiger partial charge is 0.466 e. The van der Waals surface area contributed by atoms with Gasteiger partial charge in [0, 0.05) is 11.1 Å². The van der Waals surface area contributed by atoms with Crippen molar-refractivity contribution in [3.05, 3.63) is 11.3 Å². The number of carbonyl (C=O) groups is 1. The summed E-state index contributed by atoms with van der Waals surface area (Å²) in [5.74, 6) is 0.00989. The van der Waals surface area contributed by atoms with Crippen molar-refractivity contribution in [3.63, 3.8) is 0 Å². The molecule has 4 rings (SSSR count). The summed E-state index contributed by atoms with van der Waals surface area (Å²) in [4.78, 5) is 18.1. The van der Waals surface area contributed by atoms with Crippen molar-refractivity contribution >= 4 is 5.97 Å². The number of rotatable bonds is 2. The van der Waals surface area contributed by atoms with E-state index in [1.54, 1.807) is 6.92 Å². The highest BCUT2D eigenvalue weighted by Gasteiger charge is 2.73. The molecule has 0 radical (unpaired) electrons. The maximum atomic E-state index is 11.9. The summed E-state index contributed by atoms with van der Waals surface area (Å²) in [5, 5.41) is 2.06. The summed E-state index contributed by atoms with van der Waals surface area (Å²) in [7, 11) is 1.37.